The van der Waals surface area contributed by atoms with Crippen LogP contribution in [0.5, 0.6) is 0 Å². The van der Waals surface area contributed by atoms with Crippen molar-refractivity contribution in [2.45, 2.75) is 46.2 Å². The fraction of sp³-hybridized carbons (Fsp3) is 0.304. The number of carbonyl (C=O) groups excluding carboxylic acids is 2. The topological polar surface area (TPSA) is 75.2 Å². The average molecular weight is 441 g/mol. The number of benzene rings is 2. The van der Waals surface area contributed by atoms with Crippen LogP contribution in [0.1, 0.15) is 54.0 Å². The molecule has 3 aromatic rings. The molecule has 0 saturated carbocycles. The minimum atomic E-state index is -1.24. The Morgan fingerprint density at radius 2 is 1.81 bits per heavy atom. The van der Waals surface area contributed by atoms with E-state index in [-0.39, 0.29) is 11.3 Å². The number of nitrogens with one attached hydrogen (secondary N) is 1. The van der Waals surface area contributed by atoms with Gasteiger partial charge in [-0.05, 0) is 69.4 Å². The molecule has 6 nitrogen and oxygen atoms in total. The Morgan fingerprint density at radius 3 is 2.42 bits per heavy atom. The summed E-state index contributed by atoms with van der Waals surface area (Å²) in [5.41, 5.74) is 1.87. The molecule has 0 bridgehead atoms. The summed E-state index contributed by atoms with van der Waals surface area (Å²) >= 11 is 1.03. The first-order valence-corrected chi connectivity index (χ1v) is 10.7. The van der Waals surface area contributed by atoms with Crippen molar-refractivity contribution >= 4 is 29.0 Å². The first kappa shape index (κ1) is 22.6. The first-order valence-electron chi connectivity index (χ1n) is 9.83. The molecular formula is C23H25FN4O2S. The molecule has 3 rings (SSSR count). The number of carbonyl (C=O) groups is 2. The van der Waals surface area contributed by atoms with Gasteiger partial charge in [-0.2, -0.15) is 0 Å². The Balaban J connectivity index is 2.26. The van der Waals surface area contributed by atoms with E-state index in [2.05, 4.69) is 14.9 Å². The molecule has 0 radical (unpaired) electrons. The molecule has 0 aliphatic carbocycles. The van der Waals surface area contributed by atoms with E-state index in [0.717, 1.165) is 22.7 Å². The van der Waals surface area contributed by atoms with Gasteiger partial charge in [-0.15, -0.1) is 5.10 Å². The predicted octanol–water partition coefficient (Wildman–Crippen LogP) is 4.60. The molecule has 1 N–H and O–H groups in total. The minimum absolute atomic E-state index is 0.0933. The lowest BCUT2D eigenvalue weighted by Gasteiger charge is -2.34. The van der Waals surface area contributed by atoms with E-state index >= 15 is 0 Å². The van der Waals surface area contributed by atoms with Crippen LogP contribution in [0.3, 0.4) is 0 Å². The van der Waals surface area contributed by atoms with E-state index in [1.807, 2.05) is 40.7 Å². The van der Waals surface area contributed by atoms with Crippen LogP contribution in [-0.2, 0) is 4.79 Å². The predicted molar refractivity (Wildman–Crippen MR) is 120 cm³/mol. The van der Waals surface area contributed by atoms with Crippen LogP contribution < -0.4 is 10.2 Å². The molecule has 1 heterocycles. The maximum atomic E-state index is 15.0. The summed E-state index contributed by atoms with van der Waals surface area (Å²) in [6.45, 7) is 9.27. The molecule has 0 unspecified atom stereocenters. The van der Waals surface area contributed by atoms with Gasteiger partial charge in [0.1, 0.15) is 11.9 Å². The summed E-state index contributed by atoms with van der Waals surface area (Å²) in [7, 11) is 0. The summed E-state index contributed by atoms with van der Waals surface area (Å²) in [6, 6.07) is 10.2. The van der Waals surface area contributed by atoms with Crippen molar-refractivity contribution < 1.29 is 14.0 Å². The Labute approximate surface area is 185 Å². The van der Waals surface area contributed by atoms with Gasteiger partial charge in [0.2, 0.25) is 5.91 Å². The number of amides is 2. The SMILES string of the molecule is Cc1cccc(N(C(=O)c2csnn2)[C@@H](C(=O)NC(C)(C)C)c2ccccc2F)c1C. The van der Waals surface area contributed by atoms with Gasteiger partial charge in [-0.1, -0.05) is 34.8 Å². The quantitative estimate of drug-likeness (QED) is 0.629. The van der Waals surface area contributed by atoms with Crippen LogP contribution in [-0.4, -0.2) is 26.9 Å². The summed E-state index contributed by atoms with van der Waals surface area (Å²) in [4.78, 5) is 28.4. The molecule has 0 saturated heterocycles. The summed E-state index contributed by atoms with van der Waals surface area (Å²) < 4.78 is 18.7. The van der Waals surface area contributed by atoms with Crippen molar-refractivity contribution in [1.29, 1.82) is 0 Å². The Bertz CT molecular complexity index is 1090. The molecule has 2 aromatic carbocycles. The number of aryl methyl sites for hydroxylation is 1. The minimum Gasteiger partial charge on any atom is -0.349 e. The lowest BCUT2D eigenvalue weighted by Crippen LogP contribution is -2.50. The van der Waals surface area contributed by atoms with E-state index in [1.54, 1.807) is 24.3 Å². The second-order valence-corrected chi connectivity index (χ2v) is 8.96. The number of aromatic nitrogens is 2. The van der Waals surface area contributed by atoms with Crippen molar-refractivity contribution in [3.8, 4) is 0 Å². The van der Waals surface area contributed by atoms with E-state index in [4.69, 9.17) is 0 Å². The Kier molecular flexibility index (Phi) is 6.50. The number of nitrogens with zero attached hydrogens (tertiary/aromatic N) is 3. The molecule has 0 aliphatic heterocycles. The standard InChI is InChI=1S/C23H25FN4O2S/c1-14-9-8-12-19(15(14)2)28(22(30)18-13-31-27-26-18)20(21(29)25-23(3,4)5)16-10-6-7-11-17(16)24/h6-13,20H,1-5H3,(H,25,29)/t20-/m1/s1. The highest BCUT2D eigenvalue weighted by Crippen LogP contribution is 2.34. The monoisotopic (exact) mass is 440 g/mol. The third-order valence-electron chi connectivity index (χ3n) is 4.84. The maximum Gasteiger partial charge on any atom is 0.280 e. The number of hydrogen-bond acceptors (Lipinski definition) is 5. The van der Waals surface area contributed by atoms with Gasteiger partial charge in [0.15, 0.2) is 5.69 Å². The normalized spacial score (nSPS) is 12.3. The highest BCUT2D eigenvalue weighted by molar-refractivity contribution is 7.03. The molecule has 0 spiro atoms. The smallest absolute Gasteiger partial charge is 0.280 e. The van der Waals surface area contributed by atoms with Crippen molar-refractivity contribution in [2.24, 2.45) is 0 Å². The second-order valence-electron chi connectivity index (χ2n) is 8.35. The first-order chi connectivity index (χ1) is 14.6. The zero-order chi connectivity index (χ0) is 22.8. The van der Waals surface area contributed by atoms with Crippen LogP contribution >= 0.6 is 11.5 Å². The molecule has 162 valence electrons. The lowest BCUT2D eigenvalue weighted by atomic mass is 9.98. The third-order valence-corrected chi connectivity index (χ3v) is 5.34. The Hall–Kier alpha value is -3.13. The van der Waals surface area contributed by atoms with Crippen molar-refractivity contribution in [1.82, 2.24) is 14.9 Å². The molecule has 8 heteroatoms. The summed E-state index contributed by atoms with van der Waals surface area (Å²) in [5.74, 6) is -1.59. The van der Waals surface area contributed by atoms with Crippen LogP contribution in [0.25, 0.3) is 0 Å². The zero-order valence-corrected chi connectivity index (χ0v) is 19.0. The van der Waals surface area contributed by atoms with Crippen LogP contribution in [0.2, 0.25) is 0 Å². The fourth-order valence-corrected chi connectivity index (χ4v) is 3.71. The van der Waals surface area contributed by atoms with Gasteiger partial charge in [0, 0.05) is 22.2 Å². The summed E-state index contributed by atoms with van der Waals surface area (Å²) in [6.07, 6.45) is 0. The van der Waals surface area contributed by atoms with Gasteiger partial charge in [-0.25, -0.2) is 4.39 Å². The molecule has 1 aromatic heterocycles. The van der Waals surface area contributed by atoms with Gasteiger partial charge < -0.3 is 5.32 Å². The second kappa shape index (κ2) is 8.93. The number of hydrogen-bond donors (Lipinski definition) is 1. The van der Waals surface area contributed by atoms with Gasteiger partial charge in [0.25, 0.3) is 5.91 Å². The van der Waals surface area contributed by atoms with E-state index in [9.17, 15) is 14.0 Å². The number of rotatable bonds is 5. The van der Waals surface area contributed by atoms with Crippen molar-refractivity contribution in [2.75, 3.05) is 4.90 Å². The highest BCUT2D eigenvalue weighted by Gasteiger charge is 2.37. The third kappa shape index (κ3) is 4.96. The largest absolute Gasteiger partial charge is 0.349 e. The number of halogens is 1. The number of anilines is 1. The van der Waals surface area contributed by atoms with E-state index in [1.165, 1.54) is 22.4 Å². The Morgan fingerprint density at radius 1 is 1.10 bits per heavy atom. The van der Waals surface area contributed by atoms with Crippen molar-refractivity contribution in [3.63, 3.8) is 0 Å². The van der Waals surface area contributed by atoms with Gasteiger partial charge >= 0.3 is 0 Å². The van der Waals surface area contributed by atoms with Crippen LogP contribution in [0.4, 0.5) is 10.1 Å². The van der Waals surface area contributed by atoms with E-state index < -0.39 is 29.2 Å². The van der Waals surface area contributed by atoms with Crippen LogP contribution in [0, 0.1) is 19.7 Å². The molecule has 31 heavy (non-hydrogen) atoms. The molecular weight excluding hydrogens is 415 g/mol. The molecule has 0 fully saturated rings. The maximum absolute atomic E-state index is 15.0. The fourth-order valence-electron chi connectivity index (χ4n) is 3.28. The molecule has 0 aliphatic rings. The molecule has 1 atom stereocenters. The zero-order valence-electron chi connectivity index (χ0n) is 18.1. The average Bonchev–Trinajstić information content (AvgIpc) is 3.22. The van der Waals surface area contributed by atoms with E-state index in [0.29, 0.717) is 5.69 Å². The van der Waals surface area contributed by atoms with Gasteiger partial charge in [0.05, 0.1) is 0 Å². The highest BCUT2D eigenvalue weighted by atomic mass is 32.1. The summed E-state index contributed by atoms with van der Waals surface area (Å²) in [5, 5.41) is 8.31. The van der Waals surface area contributed by atoms with Gasteiger partial charge in [-0.3, -0.25) is 14.5 Å². The lowest BCUT2D eigenvalue weighted by molar-refractivity contribution is -0.124. The molecule has 2 amide bonds. The van der Waals surface area contributed by atoms with Crippen LogP contribution in [0.15, 0.2) is 47.8 Å². The van der Waals surface area contributed by atoms with Crippen molar-refractivity contribution in [3.05, 3.63) is 76.0 Å².